The van der Waals surface area contributed by atoms with Crippen molar-refractivity contribution < 1.29 is 5.80 Å². The zero-order chi connectivity index (χ0) is 33.1. The predicted molar refractivity (Wildman–Crippen MR) is 210 cm³/mol. The summed E-state index contributed by atoms with van der Waals surface area (Å²) in [7, 11) is -10.6. The predicted octanol–water partition coefficient (Wildman–Crippen LogP) is 10.7. The van der Waals surface area contributed by atoms with Gasteiger partial charge in [-0.1, -0.05) is 154 Å². The first-order chi connectivity index (χ1) is 18.5. The van der Waals surface area contributed by atoms with Crippen LogP contribution in [-0.4, -0.2) is 63.9 Å². The lowest BCUT2D eigenvalue weighted by atomic mass is 10.1. The van der Waals surface area contributed by atoms with Crippen LogP contribution >= 0.6 is 0 Å². The molecule has 234 valence electrons. The van der Waals surface area contributed by atoms with E-state index in [2.05, 4.69) is 154 Å². The molecule has 2 unspecified atom stereocenters. The molecule has 1 heterocycles. The van der Waals surface area contributed by atoms with Crippen molar-refractivity contribution in [1.29, 1.82) is 0 Å². The van der Waals surface area contributed by atoms with E-state index < -0.39 is 56.8 Å². The molecule has 1 aliphatic heterocycles. The second-order valence-electron chi connectivity index (χ2n) is 19.5. The fourth-order valence-corrected chi connectivity index (χ4v) is 51.3. The van der Waals surface area contributed by atoms with Crippen molar-refractivity contribution in [3.63, 3.8) is 0 Å². The third-order valence-corrected chi connectivity index (χ3v) is 40.3. The van der Waals surface area contributed by atoms with Gasteiger partial charge in [-0.25, -0.2) is 0 Å². The molecule has 8 heteroatoms. The maximum Gasteiger partial charge on any atom is 0.252 e. The Morgan fingerprint density at radius 1 is 0.585 bits per heavy atom. The van der Waals surface area contributed by atoms with Crippen molar-refractivity contribution in [2.75, 3.05) is 7.11 Å². The van der Waals surface area contributed by atoms with Crippen molar-refractivity contribution in [2.45, 2.75) is 139 Å². The maximum absolute atomic E-state index is 9.61. The first-order valence-electron chi connectivity index (χ1n) is 16.6. The van der Waals surface area contributed by atoms with E-state index in [0.29, 0.717) is 15.5 Å². The summed E-state index contributed by atoms with van der Waals surface area (Å²) in [4.78, 5) is 0. The Labute approximate surface area is 265 Å². The van der Waals surface area contributed by atoms with E-state index in [1.807, 2.05) is 7.11 Å². The molecule has 0 spiro atoms. The summed E-state index contributed by atoms with van der Waals surface area (Å²) in [5.41, 5.74) is 7.31. The third kappa shape index (κ3) is 8.46. The van der Waals surface area contributed by atoms with Gasteiger partial charge in [0.2, 0.25) is 0 Å². The third-order valence-electron chi connectivity index (χ3n) is 9.01. The van der Waals surface area contributed by atoms with Crippen LogP contribution in [0.25, 0.3) is 0 Å². The largest absolute Gasteiger partial charge is 0.411 e. The molecule has 2 atom stereocenters. The molecule has 0 saturated carbocycles. The monoisotopic (exact) mass is 677 g/mol. The Bertz CT molecular complexity index is 1070. The van der Waals surface area contributed by atoms with Crippen molar-refractivity contribution in [3.05, 3.63) is 52.8 Å². The SMILES string of the molecule is [2H]C1C=CC=C[Si]1(OC)c1c(C([Si](C)(C)C)[Si](C)(C)C)cc(C([Si](C)(C)C)[Si](C)(C)C)cc1C([Si](C)(C)C)[Si](C)(C)C. The summed E-state index contributed by atoms with van der Waals surface area (Å²) in [5.74, 6) is 0. The van der Waals surface area contributed by atoms with Gasteiger partial charge in [0.05, 0.1) is 0 Å². The van der Waals surface area contributed by atoms with Crippen LogP contribution in [0.5, 0.6) is 0 Å². The minimum absolute atomic E-state index is 0.325. The minimum atomic E-state index is -2.80. The summed E-state index contributed by atoms with van der Waals surface area (Å²) in [6.07, 6.45) is 6.43. The van der Waals surface area contributed by atoms with Crippen molar-refractivity contribution in [3.8, 4) is 0 Å². The van der Waals surface area contributed by atoms with Gasteiger partial charge in [-0.2, -0.15) is 0 Å². The van der Waals surface area contributed by atoms with E-state index in [-0.39, 0.29) is 6.02 Å². The Kier molecular flexibility index (Phi) is 10.6. The maximum atomic E-state index is 9.61. The van der Waals surface area contributed by atoms with Gasteiger partial charge in [0, 0.05) is 56.9 Å². The molecule has 0 fully saturated rings. The van der Waals surface area contributed by atoms with Crippen LogP contribution in [0.4, 0.5) is 0 Å². The molecule has 0 aliphatic carbocycles. The van der Waals surface area contributed by atoms with Crippen LogP contribution in [0, 0.1) is 0 Å². The molecule has 0 amide bonds. The van der Waals surface area contributed by atoms with E-state index in [1.165, 1.54) is 5.19 Å². The van der Waals surface area contributed by atoms with Gasteiger partial charge >= 0.3 is 0 Å². The van der Waals surface area contributed by atoms with Crippen LogP contribution in [0.3, 0.4) is 0 Å². The highest BCUT2D eigenvalue weighted by atomic mass is 28.4. The van der Waals surface area contributed by atoms with Crippen LogP contribution < -0.4 is 5.19 Å². The summed E-state index contributed by atoms with van der Waals surface area (Å²) < 4.78 is 16.4. The van der Waals surface area contributed by atoms with Gasteiger partial charge in [-0.15, -0.1) is 0 Å². The van der Waals surface area contributed by atoms with Gasteiger partial charge < -0.3 is 4.43 Å². The van der Waals surface area contributed by atoms with Crippen molar-refractivity contribution >= 4 is 61.9 Å². The van der Waals surface area contributed by atoms with E-state index in [9.17, 15) is 1.37 Å². The zero-order valence-corrected chi connectivity index (χ0v) is 37.7. The Hall–Kier alpha value is 0.178. The van der Waals surface area contributed by atoms with Crippen molar-refractivity contribution in [2.24, 2.45) is 0 Å². The lowest BCUT2D eigenvalue weighted by Crippen LogP contribution is -2.60. The highest BCUT2D eigenvalue weighted by Crippen LogP contribution is 2.45. The zero-order valence-electron chi connectivity index (χ0n) is 31.7. The summed E-state index contributed by atoms with van der Waals surface area (Å²) >= 11 is 0. The van der Waals surface area contributed by atoms with Crippen LogP contribution in [0.1, 0.15) is 33.6 Å². The number of allylic oxidation sites excluding steroid dienone is 3. The molecule has 1 nitrogen and oxygen atoms in total. The van der Waals surface area contributed by atoms with E-state index in [4.69, 9.17) is 4.43 Å². The van der Waals surface area contributed by atoms with Crippen LogP contribution in [-0.2, 0) is 4.43 Å². The number of hydrogen-bond donors (Lipinski definition) is 0. The number of rotatable bonds is 11. The molecule has 0 N–H and O–H groups in total. The van der Waals surface area contributed by atoms with Gasteiger partial charge in [0.1, 0.15) is 0 Å². The van der Waals surface area contributed by atoms with Gasteiger partial charge in [0.25, 0.3) is 8.32 Å². The molecular weight excluding hydrogens is 609 g/mol. The molecular formula is C33H68OSi7. The van der Waals surface area contributed by atoms with Gasteiger partial charge in [-0.3, -0.25) is 0 Å². The van der Waals surface area contributed by atoms with Crippen molar-refractivity contribution in [1.82, 2.24) is 0 Å². The second kappa shape index (κ2) is 12.2. The highest BCUT2D eigenvalue weighted by Gasteiger charge is 2.50. The van der Waals surface area contributed by atoms with Gasteiger partial charge in [0.15, 0.2) is 0 Å². The molecule has 0 aromatic heterocycles. The molecule has 1 aliphatic rings. The summed E-state index contributed by atoms with van der Waals surface area (Å²) in [6.45, 7) is 47.1. The molecule has 1 aromatic carbocycles. The van der Waals surface area contributed by atoms with E-state index in [0.717, 1.165) is 0 Å². The highest BCUT2D eigenvalue weighted by molar-refractivity contribution is 7.00. The minimum Gasteiger partial charge on any atom is -0.411 e. The standard InChI is InChI=1S/C33H68OSi7/c1-34-41(23-21-20-22-24-41)30-28(32(37(8,9)10)38(11,12)13)25-27(31(35(2,3)4)36(5,6)7)26-29(30)33(39(14,15)16)40(17,18)19/h20-23,25-26,31-33H,24H2,1-19H3/i24D. The lowest BCUT2D eigenvalue weighted by molar-refractivity contribution is 0.416. The lowest BCUT2D eigenvalue weighted by Gasteiger charge is -2.48. The Morgan fingerprint density at radius 3 is 1.20 bits per heavy atom. The number of hydrogen-bond acceptors (Lipinski definition) is 1. The number of benzene rings is 1. The smallest absolute Gasteiger partial charge is 0.252 e. The topological polar surface area (TPSA) is 9.23 Å². The van der Waals surface area contributed by atoms with E-state index in [1.54, 1.807) is 16.7 Å². The average molecular weight is 679 g/mol. The quantitative estimate of drug-likeness (QED) is 0.212. The fourth-order valence-electron chi connectivity index (χ4n) is 9.47. The fraction of sp³-hybridized carbons (Fsp3) is 0.697. The molecule has 2 rings (SSSR count). The normalized spacial score (nSPS) is 21.8. The Balaban J connectivity index is 3.47. The average Bonchev–Trinajstić information content (AvgIpc) is 2.68. The molecule has 1 aromatic rings. The molecule has 41 heavy (non-hydrogen) atoms. The van der Waals surface area contributed by atoms with Gasteiger partial charge in [-0.05, 0) is 43.4 Å². The summed E-state index contributed by atoms with van der Waals surface area (Å²) in [5, 5.41) is 3.44. The van der Waals surface area contributed by atoms with Crippen LogP contribution in [0.15, 0.2) is 36.1 Å². The van der Waals surface area contributed by atoms with E-state index >= 15 is 0 Å². The molecule has 0 saturated heterocycles. The van der Waals surface area contributed by atoms with Crippen LogP contribution in [0.2, 0.25) is 124 Å². The Morgan fingerprint density at radius 2 is 0.927 bits per heavy atom. The first-order valence-corrected chi connectivity index (χ1v) is 39.6. The summed E-state index contributed by atoms with van der Waals surface area (Å²) in [6, 6.07) is 5.20. The molecule has 0 bridgehead atoms. The first kappa shape index (κ1) is 35.7. The molecule has 0 radical (unpaired) electrons. The second-order valence-corrected chi connectivity index (χ2v) is 56.2.